The summed E-state index contributed by atoms with van der Waals surface area (Å²) in [5, 5.41) is 0.669. The number of epoxide rings is 1. The number of hydrogen-bond donors (Lipinski definition) is 0. The number of rotatable bonds is 3. The minimum absolute atomic E-state index is 0.219. The highest BCUT2D eigenvalue weighted by molar-refractivity contribution is 6.30. The Balaban J connectivity index is 2.10. The van der Waals surface area contributed by atoms with E-state index in [2.05, 4.69) is 0 Å². The van der Waals surface area contributed by atoms with Crippen molar-refractivity contribution in [3.8, 4) is 0 Å². The molecule has 0 aliphatic carbocycles. The quantitative estimate of drug-likeness (QED) is 0.602. The van der Waals surface area contributed by atoms with Crippen LogP contribution in [0.1, 0.15) is 25.5 Å². The molecule has 0 N–H and O–H groups in total. The first-order valence-electron chi connectivity index (χ1n) is 5.18. The third kappa shape index (κ3) is 1.93. The van der Waals surface area contributed by atoms with Crippen LogP contribution in [-0.2, 0) is 14.3 Å². The molecule has 2 rings (SSSR count). The van der Waals surface area contributed by atoms with E-state index in [1.54, 1.807) is 26.0 Å². The Bertz CT molecular complexity index is 401. The summed E-state index contributed by atoms with van der Waals surface area (Å²) < 4.78 is 10.4. The lowest BCUT2D eigenvalue weighted by Gasteiger charge is -2.05. The third-order valence-corrected chi connectivity index (χ3v) is 2.91. The Morgan fingerprint density at radius 1 is 1.50 bits per heavy atom. The zero-order valence-electron chi connectivity index (χ0n) is 9.20. The molecule has 1 saturated heterocycles. The molecule has 2 atom stereocenters. The van der Waals surface area contributed by atoms with Crippen LogP contribution in [0.2, 0.25) is 5.02 Å². The molecule has 16 heavy (non-hydrogen) atoms. The van der Waals surface area contributed by atoms with Gasteiger partial charge in [-0.05, 0) is 31.5 Å². The van der Waals surface area contributed by atoms with Gasteiger partial charge in [0.05, 0.1) is 6.61 Å². The van der Waals surface area contributed by atoms with Crippen LogP contribution in [0.3, 0.4) is 0 Å². The highest BCUT2D eigenvalue weighted by Crippen LogP contribution is 2.50. The van der Waals surface area contributed by atoms with Gasteiger partial charge in [-0.25, -0.2) is 4.79 Å². The molecule has 1 fully saturated rings. The zero-order chi connectivity index (χ0) is 11.8. The maximum absolute atomic E-state index is 11.6. The molecule has 1 aromatic carbocycles. The highest BCUT2D eigenvalue weighted by Gasteiger charge is 2.60. The predicted octanol–water partition coefficient (Wildman–Crippen LogP) is 2.73. The first kappa shape index (κ1) is 11.4. The number of carbonyl (C=O) groups excluding carboxylic acids is 1. The molecular weight excluding hydrogens is 228 g/mol. The molecule has 0 radical (unpaired) electrons. The Hall–Kier alpha value is -1.06. The number of halogens is 1. The zero-order valence-corrected chi connectivity index (χ0v) is 9.95. The Morgan fingerprint density at radius 2 is 2.12 bits per heavy atom. The first-order valence-corrected chi connectivity index (χ1v) is 5.56. The lowest BCUT2D eigenvalue weighted by atomic mass is 10.0. The number of ether oxygens (including phenoxy) is 2. The Morgan fingerprint density at radius 3 is 2.69 bits per heavy atom. The maximum atomic E-state index is 11.6. The average Bonchev–Trinajstić information content (AvgIpc) is 2.94. The van der Waals surface area contributed by atoms with Gasteiger partial charge in [0.25, 0.3) is 0 Å². The van der Waals surface area contributed by atoms with E-state index in [-0.39, 0.29) is 12.1 Å². The van der Waals surface area contributed by atoms with Gasteiger partial charge in [0, 0.05) is 5.02 Å². The summed E-state index contributed by atoms with van der Waals surface area (Å²) in [6, 6.07) is 7.28. The van der Waals surface area contributed by atoms with E-state index in [4.69, 9.17) is 21.1 Å². The third-order valence-electron chi connectivity index (χ3n) is 2.66. The van der Waals surface area contributed by atoms with Crippen molar-refractivity contribution in [3.05, 3.63) is 34.9 Å². The molecule has 0 unspecified atom stereocenters. The van der Waals surface area contributed by atoms with E-state index in [1.165, 1.54) is 0 Å². The van der Waals surface area contributed by atoms with Gasteiger partial charge in [0.15, 0.2) is 5.60 Å². The van der Waals surface area contributed by atoms with E-state index in [1.807, 2.05) is 12.1 Å². The van der Waals surface area contributed by atoms with Crippen LogP contribution in [0.25, 0.3) is 0 Å². The summed E-state index contributed by atoms with van der Waals surface area (Å²) >= 11 is 5.79. The lowest BCUT2D eigenvalue weighted by molar-refractivity contribution is -0.148. The minimum Gasteiger partial charge on any atom is -0.464 e. The van der Waals surface area contributed by atoms with Crippen LogP contribution in [-0.4, -0.2) is 18.2 Å². The van der Waals surface area contributed by atoms with Crippen LogP contribution in [0.5, 0.6) is 0 Å². The van der Waals surface area contributed by atoms with Crippen molar-refractivity contribution < 1.29 is 14.3 Å². The Labute approximate surface area is 99.3 Å². The average molecular weight is 241 g/mol. The van der Waals surface area contributed by atoms with E-state index >= 15 is 0 Å². The lowest BCUT2D eigenvalue weighted by Crippen LogP contribution is -2.24. The van der Waals surface area contributed by atoms with Crippen molar-refractivity contribution in [2.24, 2.45) is 0 Å². The van der Waals surface area contributed by atoms with Crippen LogP contribution < -0.4 is 0 Å². The molecule has 0 spiro atoms. The van der Waals surface area contributed by atoms with E-state index in [0.717, 1.165) is 5.56 Å². The molecule has 0 aromatic heterocycles. The predicted molar refractivity (Wildman–Crippen MR) is 60.3 cm³/mol. The van der Waals surface area contributed by atoms with Crippen LogP contribution in [0.4, 0.5) is 0 Å². The van der Waals surface area contributed by atoms with Gasteiger partial charge in [0.2, 0.25) is 0 Å². The summed E-state index contributed by atoms with van der Waals surface area (Å²) in [5.41, 5.74) is 0.115. The second kappa shape index (κ2) is 4.07. The van der Waals surface area contributed by atoms with Crippen molar-refractivity contribution in [2.45, 2.75) is 25.6 Å². The molecule has 0 saturated carbocycles. The molecule has 1 aliphatic rings. The van der Waals surface area contributed by atoms with Gasteiger partial charge in [0.1, 0.15) is 6.10 Å². The second-order valence-corrected chi connectivity index (χ2v) is 4.31. The molecule has 0 amide bonds. The highest BCUT2D eigenvalue weighted by atomic mass is 35.5. The smallest absolute Gasteiger partial charge is 0.341 e. The molecule has 86 valence electrons. The van der Waals surface area contributed by atoms with Gasteiger partial charge < -0.3 is 9.47 Å². The fraction of sp³-hybridized carbons (Fsp3) is 0.417. The fourth-order valence-electron chi connectivity index (χ4n) is 1.66. The summed E-state index contributed by atoms with van der Waals surface area (Å²) in [6.45, 7) is 3.89. The largest absolute Gasteiger partial charge is 0.464 e. The summed E-state index contributed by atoms with van der Waals surface area (Å²) in [5.74, 6) is -0.310. The van der Waals surface area contributed by atoms with Crippen LogP contribution in [0, 0.1) is 0 Å². The molecule has 4 heteroatoms. The van der Waals surface area contributed by atoms with Gasteiger partial charge in [-0.2, -0.15) is 0 Å². The van der Waals surface area contributed by atoms with Crippen LogP contribution >= 0.6 is 11.6 Å². The monoisotopic (exact) mass is 240 g/mol. The summed E-state index contributed by atoms with van der Waals surface area (Å²) in [7, 11) is 0. The van der Waals surface area contributed by atoms with E-state index in [0.29, 0.717) is 11.6 Å². The van der Waals surface area contributed by atoms with Crippen molar-refractivity contribution in [2.75, 3.05) is 6.61 Å². The number of esters is 1. The molecular formula is C12H13ClO3. The summed E-state index contributed by atoms with van der Waals surface area (Å²) in [6.07, 6.45) is -0.219. The molecule has 3 nitrogen and oxygen atoms in total. The maximum Gasteiger partial charge on any atom is 0.341 e. The normalized spacial score (nSPS) is 27.6. The Kier molecular flexibility index (Phi) is 2.91. The first-order chi connectivity index (χ1) is 7.58. The number of hydrogen-bond acceptors (Lipinski definition) is 3. The van der Waals surface area contributed by atoms with E-state index in [9.17, 15) is 4.79 Å². The molecule has 1 heterocycles. The number of benzene rings is 1. The van der Waals surface area contributed by atoms with Crippen molar-refractivity contribution in [1.82, 2.24) is 0 Å². The second-order valence-electron chi connectivity index (χ2n) is 3.88. The SMILES string of the molecule is CCOC(=O)[C@]1(C)O[C@H]1c1ccc(Cl)cc1. The van der Waals surface area contributed by atoms with Crippen molar-refractivity contribution in [1.29, 1.82) is 0 Å². The van der Waals surface area contributed by atoms with Gasteiger partial charge in [-0.15, -0.1) is 0 Å². The fourth-order valence-corrected chi connectivity index (χ4v) is 1.79. The van der Waals surface area contributed by atoms with Gasteiger partial charge in [-0.3, -0.25) is 0 Å². The molecule has 1 aromatic rings. The molecule has 1 aliphatic heterocycles. The van der Waals surface area contributed by atoms with Crippen LogP contribution in [0.15, 0.2) is 24.3 Å². The van der Waals surface area contributed by atoms with Crippen molar-refractivity contribution >= 4 is 17.6 Å². The minimum atomic E-state index is -0.830. The topological polar surface area (TPSA) is 38.8 Å². The van der Waals surface area contributed by atoms with Gasteiger partial charge >= 0.3 is 5.97 Å². The van der Waals surface area contributed by atoms with Crippen molar-refractivity contribution in [3.63, 3.8) is 0 Å². The standard InChI is InChI=1S/C12H13ClO3/c1-3-15-11(14)12(2)10(16-12)8-4-6-9(13)7-5-8/h4-7,10H,3H2,1-2H3/t10-,12+/m0/s1. The van der Waals surface area contributed by atoms with Gasteiger partial charge in [-0.1, -0.05) is 23.7 Å². The summed E-state index contributed by atoms with van der Waals surface area (Å²) in [4.78, 5) is 11.6. The van der Waals surface area contributed by atoms with E-state index < -0.39 is 5.60 Å². The molecule has 0 bridgehead atoms. The number of carbonyl (C=O) groups is 1.